The summed E-state index contributed by atoms with van der Waals surface area (Å²) >= 11 is 0. The number of aliphatic carboxylic acids is 1. The van der Waals surface area contributed by atoms with Crippen molar-refractivity contribution >= 4 is 11.9 Å². The highest BCUT2D eigenvalue weighted by molar-refractivity contribution is 5.81. The van der Waals surface area contributed by atoms with Crippen LogP contribution in [-0.4, -0.2) is 23.7 Å². The first-order chi connectivity index (χ1) is 11.7. The molecule has 0 bridgehead atoms. The van der Waals surface area contributed by atoms with Crippen LogP contribution in [-0.2, 0) is 14.3 Å². The normalized spacial score (nSPS) is 21.0. The zero-order valence-corrected chi connectivity index (χ0v) is 15.2. The molecular formula is C20H34O4. The number of hydrogen-bond acceptors (Lipinski definition) is 3. The first-order valence-corrected chi connectivity index (χ1v) is 9.67. The molecular weight excluding hydrogens is 304 g/mol. The van der Waals surface area contributed by atoms with E-state index in [2.05, 4.69) is 19.1 Å². The number of esters is 1. The van der Waals surface area contributed by atoms with Crippen molar-refractivity contribution in [3.8, 4) is 0 Å². The minimum absolute atomic E-state index is 0.300. The summed E-state index contributed by atoms with van der Waals surface area (Å²) in [7, 11) is 0. The van der Waals surface area contributed by atoms with Crippen LogP contribution in [0.25, 0.3) is 0 Å². The zero-order valence-electron chi connectivity index (χ0n) is 15.2. The van der Waals surface area contributed by atoms with Crippen molar-refractivity contribution in [2.75, 3.05) is 6.61 Å². The second-order valence-corrected chi connectivity index (χ2v) is 6.84. The van der Waals surface area contributed by atoms with Gasteiger partial charge in [0.25, 0.3) is 0 Å². The predicted octanol–water partition coefficient (Wildman–Crippen LogP) is 5.12. The molecule has 0 saturated heterocycles. The standard InChI is InChI=1S/C20H34O4/c1-2-3-4-5-6-7-8-9-10-13-16-24-20(23)18-15-12-11-14-17(18)19(21)22/h2-3,17-18H,4-16H2,1H3,(H,21,22)/b3-2+. The van der Waals surface area contributed by atoms with E-state index in [1.165, 1.54) is 38.5 Å². The molecule has 0 radical (unpaired) electrons. The highest BCUT2D eigenvalue weighted by Gasteiger charge is 2.36. The number of carbonyl (C=O) groups is 2. The average Bonchev–Trinajstić information content (AvgIpc) is 2.59. The highest BCUT2D eigenvalue weighted by atomic mass is 16.5. The number of carboxylic acid groups (broad SMARTS) is 1. The van der Waals surface area contributed by atoms with Gasteiger partial charge in [-0.05, 0) is 39.0 Å². The fourth-order valence-electron chi connectivity index (χ4n) is 3.40. The Bertz CT molecular complexity index is 389. The van der Waals surface area contributed by atoms with Gasteiger partial charge in [-0.2, -0.15) is 0 Å². The maximum Gasteiger partial charge on any atom is 0.309 e. The number of allylic oxidation sites excluding steroid dienone is 2. The molecule has 1 fully saturated rings. The van der Waals surface area contributed by atoms with Gasteiger partial charge < -0.3 is 9.84 Å². The highest BCUT2D eigenvalue weighted by Crippen LogP contribution is 2.31. The predicted molar refractivity (Wildman–Crippen MR) is 95.8 cm³/mol. The van der Waals surface area contributed by atoms with Gasteiger partial charge in [0.1, 0.15) is 0 Å². The van der Waals surface area contributed by atoms with Crippen LogP contribution in [0.5, 0.6) is 0 Å². The molecule has 138 valence electrons. The third-order valence-electron chi connectivity index (χ3n) is 4.88. The van der Waals surface area contributed by atoms with E-state index in [0.717, 1.165) is 25.7 Å². The minimum atomic E-state index is -0.855. The molecule has 0 aliphatic heterocycles. The van der Waals surface area contributed by atoms with Crippen molar-refractivity contribution in [3.63, 3.8) is 0 Å². The van der Waals surface area contributed by atoms with Crippen LogP contribution in [0.4, 0.5) is 0 Å². The van der Waals surface area contributed by atoms with E-state index in [4.69, 9.17) is 4.74 Å². The summed E-state index contributed by atoms with van der Waals surface area (Å²) in [6.45, 7) is 2.49. The van der Waals surface area contributed by atoms with Crippen LogP contribution in [0.2, 0.25) is 0 Å². The molecule has 24 heavy (non-hydrogen) atoms. The molecule has 0 spiro atoms. The lowest BCUT2D eigenvalue weighted by Gasteiger charge is -2.26. The first-order valence-electron chi connectivity index (χ1n) is 9.67. The molecule has 1 saturated carbocycles. The molecule has 2 unspecified atom stereocenters. The van der Waals surface area contributed by atoms with Gasteiger partial charge in [-0.3, -0.25) is 9.59 Å². The van der Waals surface area contributed by atoms with Crippen molar-refractivity contribution in [2.45, 2.75) is 84.0 Å². The molecule has 4 nitrogen and oxygen atoms in total. The molecule has 1 rings (SSSR count). The number of carboxylic acids is 1. The van der Waals surface area contributed by atoms with Crippen LogP contribution < -0.4 is 0 Å². The Morgan fingerprint density at radius 1 is 0.958 bits per heavy atom. The monoisotopic (exact) mass is 338 g/mol. The number of ether oxygens (including phenoxy) is 1. The lowest BCUT2D eigenvalue weighted by atomic mass is 9.79. The molecule has 4 heteroatoms. The van der Waals surface area contributed by atoms with E-state index in [1.54, 1.807) is 0 Å². The lowest BCUT2D eigenvalue weighted by molar-refractivity contribution is -0.159. The van der Waals surface area contributed by atoms with E-state index in [9.17, 15) is 14.7 Å². The molecule has 0 heterocycles. The first kappa shape index (κ1) is 20.7. The van der Waals surface area contributed by atoms with Crippen molar-refractivity contribution in [3.05, 3.63) is 12.2 Å². The summed E-state index contributed by atoms with van der Waals surface area (Å²) < 4.78 is 5.32. The Morgan fingerprint density at radius 3 is 2.17 bits per heavy atom. The Labute approximate surface area is 146 Å². The Balaban J connectivity index is 2.02. The van der Waals surface area contributed by atoms with Gasteiger partial charge >= 0.3 is 11.9 Å². The van der Waals surface area contributed by atoms with E-state index in [1.807, 2.05) is 0 Å². The summed E-state index contributed by atoms with van der Waals surface area (Å²) in [5.74, 6) is -2.14. The molecule has 1 aliphatic carbocycles. The summed E-state index contributed by atoms with van der Waals surface area (Å²) in [6.07, 6.45) is 16.8. The molecule has 0 aromatic rings. The van der Waals surface area contributed by atoms with Gasteiger partial charge in [0, 0.05) is 0 Å². The van der Waals surface area contributed by atoms with Crippen molar-refractivity contribution < 1.29 is 19.4 Å². The summed E-state index contributed by atoms with van der Waals surface area (Å²) in [4.78, 5) is 23.3. The quantitative estimate of drug-likeness (QED) is 0.305. The topological polar surface area (TPSA) is 63.6 Å². The summed E-state index contributed by atoms with van der Waals surface area (Å²) in [6, 6.07) is 0. The second kappa shape index (κ2) is 13.0. The van der Waals surface area contributed by atoms with Crippen LogP contribution >= 0.6 is 0 Å². The lowest BCUT2D eigenvalue weighted by Crippen LogP contribution is -2.33. The average molecular weight is 338 g/mol. The van der Waals surface area contributed by atoms with Crippen molar-refractivity contribution in [1.29, 1.82) is 0 Å². The number of rotatable bonds is 12. The largest absolute Gasteiger partial charge is 0.481 e. The number of unbranched alkanes of at least 4 members (excludes halogenated alkanes) is 7. The van der Waals surface area contributed by atoms with Gasteiger partial charge in [-0.1, -0.05) is 57.1 Å². The van der Waals surface area contributed by atoms with Crippen LogP contribution in [0, 0.1) is 11.8 Å². The third kappa shape index (κ3) is 8.51. The van der Waals surface area contributed by atoms with Gasteiger partial charge in [-0.25, -0.2) is 0 Å². The van der Waals surface area contributed by atoms with Gasteiger partial charge in [-0.15, -0.1) is 0 Å². The molecule has 2 atom stereocenters. The van der Waals surface area contributed by atoms with Crippen LogP contribution in [0.3, 0.4) is 0 Å². The van der Waals surface area contributed by atoms with Crippen LogP contribution in [0.15, 0.2) is 12.2 Å². The SMILES string of the molecule is C/C=C/CCCCCCCCCOC(=O)C1CCCCC1C(=O)O. The van der Waals surface area contributed by atoms with E-state index in [0.29, 0.717) is 19.4 Å². The van der Waals surface area contributed by atoms with E-state index in [-0.39, 0.29) is 5.97 Å². The number of hydrogen-bond donors (Lipinski definition) is 1. The van der Waals surface area contributed by atoms with Crippen LogP contribution in [0.1, 0.15) is 84.0 Å². The fourth-order valence-corrected chi connectivity index (χ4v) is 3.40. The van der Waals surface area contributed by atoms with E-state index >= 15 is 0 Å². The molecule has 0 aromatic carbocycles. The molecule has 1 aliphatic rings. The minimum Gasteiger partial charge on any atom is -0.481 e. The maximum atomic E-state index is 12.1. The Kier molecular flexibility index (Phi) is 11.2. The zero-order chi connectivity index (χ0) is 17.6. The smallest absolute Gasteiger partial charge is 0.309 e. The molecule has 1 N–H and O–H groups in total. The summed E-state index contributed by atoms with van der Waals surface area (Å²) in [5.41, 5.74) is 0. The van der Waals surface area contributed by atoms with E-state index < -0.39 is 17.8 Å². The van der Waals surface area contributed by atoms with Gasteiger partial charge in [0.15, 0.2) is 0 Å². The Morgan fingerprint density at radius 2 is 1.54 bits per heavy atom. The fraction of sp³-hybridized carbons (Fsp3) is 0.800. The van der Waals surface area contributed by atoms with Crippen molar-refractivity contribution in [1.82, 2.24) is 0 Å². The number of carbonyl (C=O) groups excluding carboxylic acids is 1. The van der Waals surface area contributed by atoms with Gasteiger partial charge in [0.05, 0.1) is 18.4 Å². The third-order valence-corrected chi connectivity index (χ3v) is 4.88. The summed E-state index contributed by atoms with van der Waals surface area (Å²) in [5, 5.41) is 9.21. The maximum absolute atomic E-state index is 12.1. The van der Waals surface area contributed by atoms with Crippen molar-refractivity contribution in [2.24, 2.45) is 11.8 Å². The molecule has 0 amide bonds. The Hall–Kier alpha value is -1.32. The molecule has 0 aromatic heterocycles. The van der Waals surface area contributed by atoms with Gasteiger partial charge in [0.2, 0.25) is 0 Å². The second-order valence-electron chi connectivity index (χ2n) is 6.84.